The number of aliphatic hydroxyl groups is 1. The predicted octanol–water partition coefficient (Wildman–Crippen LogP) is 3.82. The van der Waals surface area contributed by atoms with Crippen LogP contribution in [-0.4, -0.2) is 24.5 Å². The van der Waals surface area contributed by atoms with Gasteiger partial charge in [0.1, 0.15) is 11.4 Å². The minimum Gasteiger partial charge on any atom is -0.384 e. The van der Waals surface area contributed by atoms with Crippen LogP contribution in [0, 0.1) is 5.82 Å². The van der Waals surface area contributed by atoms with E-state index in [-0.39, 0.29) is 5.82 Å². The summed E-state index contributed by atoms with van der Waals surface area (Å²) in [6, 6.07) is 10.2. The van der Waals surface area contributed by atoms with Crippen molar-refractivity contribution in [3.63, 3.8) is 0 Å². The number of pyridine rings is 1. The van der Waals surface area contributed by atoms with Gasteiger partial charge in [0, 0.05) is 41.5 Å². The molecule has 0 saturated carbocycles. The summed E-state index contributed by atoms with van der Waals surface area (Å²) < 4.78 is 16.0. The molecule has 0 unspecified atom stereocenters. The molecule has 4 aromatic rings. The lowest BCUT2D eigenvalue weighted by atomic mass is 10.0. The number of nitrogens with zero attached hydrogens (tertiary/aromatic N) is 4. The zero-order valence-corrected chi connectivity index (χ0v) is 14.4. The van der Waals surface area contributed by atoms with E-state index < -0.39 is 5.60 Å². The Morgan fingerprint density at radius 2 is 1.92 bits per heavy atom. The summed E-state index contributed by atoms with van der Waals surface area (Å²) in [6.45, 7) is 3.35. The van der Waals surface area contributed by atoms with Crippen molar-refractivity contribution in [3.05, 3.63) is 72.7 Å². The van der Waals surface area contributed by atoms with Gasteiger partial charge in [-0.15, -0.1) is 0 Å². The van der Waals surface area contributed by atoms with E-state index in [2.05, 4.69) is 15.0 Å². The zero-order valence-electron chi connectivity index (χ0n) is 14.4. The second kappa shape index (κ2) is 6.00. The summed E-state index contributed by atoms with van der Waals surface area (Å²) >= 11 is 0. The number of imidazole rings is 1. The zero-order chi connectivity index (χ0) is 18.3. The number of aromatic nitrogens is 4. The highest BCUT2D eigenvalue weighted by Gasteiger charge is 2.19. The Bertz CT molecular complexity index is 1080. The van der Waals surface area contributed by atoms with Crippen LogP contribution in [0.1, 0.15) is 19.5 Å². The highest BCUT2D eigenvalue weighted by atomic mass is 19.1. The van der Waals surface area contributed by atoms with Crippen LogP contribution in [0.15, 0.2) is 61.2 Å². The van der Waals surface area contributed by atoms with Gasteiger partial charge >= 0.3 is 0 Å². The molecule has 3 aromatic heterocycles. The number of halogens is 1. The first-order chi connectivity index (χ1) is 12.4. The van der Waals surface area contributed by atoms with Gasteiger partial charge in [0.05, 0.1) is 11.4 Å². The van der Waals surface area contributed by atoms with Crippen molar-refractivity contribution in [2.75, 3.05) is 0 Å². The Labute approximate surface area is 149 Å². The molecular formula is C20H17FN4O. The molecule has 3 heterocycles. The molecule has 0 bridgehead atoms. The van der Waals surface area contributed by atoms with Crippen LogP contribution in [0.2, 0.25) is 0 Å². The fraction of sp³-hybridized carbons (Fsp3) is 0.150. The molecule has 1 aromatic carbocycles. The molecule has 0 saturated heterocycles. The molecule has 0 aliphatic rings. The van der Waals surface area contributed by atoms with Crippen molar-refractivity contribution >= 4 is 5.78 Å². The molecule has 1 N–H and O–H groups in total. The fourth-order valence-electron chi connectivity index (χ4n) is 2.78. The third-order valence-corrected chi connectivity index (χ3v) is 4.19. The molecule has 0 fully saturated rings. The van der Waals surface area contributed by atoms with Gasteiger partial charge in [-0.1, -0.05) is 6.07 Å². The van der Waals surface area contributed by atoms with Crippen LogP contribution in [0.5, 0.6) is 0 Å². The minimum absolute atomic E-state index is 0.312. The van der Waals surface area contributed by atoms with Crippen LogP contribution in [-0.2, 0) is 5.60 Å². The molecule has 0 radical (unpaired) electrons. The van der Waals surface area contributed by atoms with E-state index >= 15 is 0 Å². The molecule has 0 aliphatic carbocycles. The van der Waals surface area contributed by atoms with Crippen LogP contribution >= 0.6 is 0 Å². The number of benzene rings is 1. The predicted molar refractivity (Wildman–Crippen MR) is 96.9 cm³/mol. The molecule has 0 aliphatic heterocycles. The van der Waals surface area contributed by atoms with Crippen molar-refractivity contribution in [3.8, 4) is 22.4 Å². The summed E-state index contributed by atoms with van der Waals surface area (Å²) in [5, 5.41) is 10.1. The Kier molecular flexibility index (Phi) is 3.77. The highest BCUT2D eigenvalue weighted by molar-refractivity contribution is 5.72. The van der Waals surface area contributed by atoms with E-state index in [1.807, 2.05) is 12.3 Å². The van der Waals surface area contributed by atoms with E-state index in [0.717, 1.165) is 5.56 Å². The van der Waals surface area contributed by atoms with Gasteiger partial charge in [0.2, 0.25) is 5.78 Å². The third-order valence-electron chi connectivity index (χ3n) is 4.19. The molecule has 4 rings (SSSR count). The number of fused-ring (bicyclic) bond motifs is 1. The Morgan fingerprint density at radius 1 is 1.08 bits per heavy atom. The molecule has 0 spiro atoms. The van der Waals surface area contributed by atoms with E-state index in [0.29, 0.717) is 28.3 Å². The van der Waals surface area contributed by atoms with Crippen molar-refractivity contribution in [2.24, 2.45) is 0 Å². The third kappa shape index (κ3) is 2.95. The maximum absolute atomic E-state index is 14.3. The molecule has 0 atom stereocenters. The first-order valence-corrected chi connectivity index (χ1v) is 8.21. The van der Waals surface area contributed by atoms with Crippen LogP contribution in [0.25, 0.3) is 28.2 Å². The fourth-order valence-corrected chi connectivity index (χ4v) is 2.78. The van der Waals surface area contributed by atoms with Crippen molar-refractivity contribution in [1.82, 2.24) is 19.4 Å². The largest absolute Gasteiger partial charge is 0.384 e. The van der Waals surface area contributed by atoms with Gasteiger partial charge in [0.15, 0.2) is 0 Å². The SMILES string of the molecule is CC(C)(O)c1ccn2cc(-c3ccc(F)c(-c4cccnc4)c3)nc2n1. The summed E-state index contributed by atoms with van der Waals surface area (Å²) in [6.07, 6.45) is 6.91. The first kappa shape index (κ1) is 16.4. The Morgan fingerprint density at radius 3 is 2.65 bits per heavy atom. The van der Waals surface area contributed by atoms with Gasteiger partial charge in [-0.05, 0) is 44.2 Å². The van der Waals surface area contributed by atoms with E-state index in [4.69, 9.17) is 0 Å². The van der Waals surface area contributed by atoms with Crippen molar-refractivity contribution in [1.29, 1.82) is 0 Å². The molecule has 6 heteroatoms. The van der Waals surface area contributed by atoms with Gasteiger partial charge in [-0.3, -0.25) is 9.38 Å². The Balaban J connectivity index is 1.81. The van der Waals surface area contributed by atoms with Gasteiger partial charge in [-0.2, -0.15) is 0 Å². The van der Waals surface area contributed by atoms with Crippen LogP contribution in [0.3, 0.4) is 0 Å². The maximum atomic E-state index is 14.3. The van der Waals surface area contributed by atoms with E-state index in [1.165, 1.54) is 6.07 Å². The number of hydrogen-bond acceptors (Lipinski definition) is 4. The molecule has 130 valence electrons. The second-order valence-electron chi connectivity index (χ2n) is 6.64. The quantitative estimate of drug-likeness (QED) is 0.611. The summed E-state index contributed by atoms with van der Waals surface area (Å²) in [4.78, 5) is 13.0. The maximum Gasteiger partial charge on any atom is 0.234 e. The smallest absolute Gasteiger partial charge is 0.234 e. The molecule has 0 amide bonds. The summed E-state index contributed by atoms with van der Waals surface area (Å²) in [7, 11) is 0. The lowest BCUT2D eigenvalue weighted by Crippen LogP contribution is -2.17. The van der Waals surface area contributed by atoms with Crippen molar-refractivity contribution < 1.29 is 9.50 Å². The lowest BCUT2D eigenvalue weighted by Gasteiger charge is -2.15. The lowest BCUT2D eigenvalue weighted by molar-refractivity contribution is 0.0739. The molecule has 5 nitrogen and oxygen atoms in total. The first-order valence-electron chi connectivity index (χ1n) is 8.21. The average Bonchev–Trinajstić information content (AvgIpc) is 3.05. The van der Waals surface area contributed by atoms with Gasteiger partial charge in [0.25, 0.3) is 0 Å². The van der Waals surface area contributed by atoms with Crippen LogP contribution in [0.4, 0.5) is 4.39 Å². The molecule has 26 heavy (non-hydrogen) atoms. The number of hydrogen-bond donors (Lipinski definition) is 1. The van der Waals surface area contributed by atoms with Gasteiger partial charge < -0.3 is 5.11 Å². The topological polar surface area (TPSA) is 63.3 Å². The van der Waals surface area contributed by atoms with Crippen molar-refractivity contribution in [2.45, 2.75) is 19.4 Å². The minimum atomic E-state index is -1.04. The monoisotopic (exact) mass is 348 g/mol. The summed E-state index contributed by atoms with van der Waals surface area (Å²) in [5.74, 6) is 0.167. The normalized spacial score (nSPS) is 11.8. The Hall–Kier alpha value is -3.12. The van der Waals surface area contributed by atoms with E-state index in [9.17, 15) is 9.50 Å². The van der Waals surface area contributed by atoms with Gasteiger partial charge in [-0.25, -0.2) is 14.4 Å². The molecular weight excluding hydrogens is 331 g/mol. The number of rotatable bonds is 3. The van der Waals surface area contributed by atoms with Crippen LogP contribution < -0.4 is 0 Å². The van der Waals surface area contributed by atoms with E-state index in [1.54, 1.807) is 61.1 Å². The standard InChI is InChI=1S/C20H17FN4O/c1-20(2,26)18-7-9-25-12-17(23-19(25)24-18)13-5-6-16(21)15(10-13)14-4-3-8-22-11-14/h3-12,26H,1-2H3. The average molecular weight is 348 g/mol. The summed E-state index contributed by atoms with van der Waals surface area (Å²) in [5.41, 5.74) is 2.13. The highest BCUT2D eigenvalue weighted by Crippen LogP contribution is 2.28. The second-order valence-corrected chi connectivity index (χ2v) is 6.64.